The summed E-state index contributed by atoms with van der Waals surface area (Å²) in [5.74, 6) is 0.583. The molecule has 0 heterocycles. The maximum Gasteiger partial charge on any atom is 0.124 e. The van der Waals surface area contributed by atoms with Crippen molar-refractivity contribution in [3.8, 4) is 11.5 Å². The van der Waals surface area contributed by atoms with Gasteiger partial charge in [0, 0.05) is 18.1 Å². The van der Waals surface area contributed by atoms with E-state index in [1.807, 2.05) is 30.3 Å². The maximum absolute atomic E-state index is 10.2. The summed E-state index contributed by atoms with van der Waals surface area (Å²) in [7, 11) is 1.53. The predicted molar refractivity (Wildman–Crippen MR) is 77.7 cm³/mol. The molecule has 0 aliphatic rings. The Balaban J connectivity index is 2.12. The zero-order valence-corrected chi connectivity index (χ0v) is 11.4. The normalized spacial score (nSPS) is 13.8. The second kappa shape index (κ2) is 6.41. The second-order valence-electron chi connectivity index (χ2n) is 4.71. The summed E-state index contributed by atoms with van der Waals surface area (Å²) < 4.78 is 5.02. The number of ether oxygens (including phenoxy) is 1. The Bertz CT molecular complexity index is 557. The van der Waals surface area contributed by atoms with Gasteiger partial charge in [-0.3, -0.25) is 0 Å². The molecule has 0 saturated heterocycles. The summed E-state index contributed by atoms with van der Waals surface area (Å²) >= 11 is 0. The quantitative estimate of drug-likeness (QED) is 0.779. The van der Waals surface area contributed by atoms with Gasteiger partial charge in [0.15, 0.2) is 0 Å². The first-order valence-electron chi connectivity index (χ1n) is 6.46. The van der Waals surface area contributed by atoms with Crippen molar-refractivity contribution < 1.29 is 14.9 Å². The molecule has 2 rings (SSSR count). The smallest absolute Gasteiger partial charge is 0.124 e. The first kappa shape index (κ1) is 14.4. The molecule has 2 aromatic carbocycles. The summed E-state index contributed by atoms with van der Waals surface area (Å²) in [6, 6.07) is 13.8. The number of benzene rings is 2. The van der Waals surface area contributed by atoms with Gasteiger partial charge >= 0.3 is 0 Å². The van der Waals surface area contributed by atoms with E-state index < -0.39 is 12.1 Å². The van der Waals surface area contributed by atoms with Crippen molar-refractivity contribution in [2.24, 2.45) is 5.73 Å². The van der Waals surface area contributed by atoms with Gasteiger partial charge in [0.05, 0.1) is 19.3 Å². The highest BCUT2D eigenvalue weighted by molar-refractivity contribution is 5.41. The Kier molecular flexibility index (Phi) is 4.61. The van der Waals surface area contributed by atoms with E-state index in [4.69, 9.17) is 10.5 Å². The zero-order valence-electron chi connectivity index (χ0n) is 11.4. The van der Waals surface area contributed by atoms with E-state index in [0.717, 1.165) is 5.56 Å². The number of phenolic OH excluding ortho intramolecular Hbond substituents is 1. The molecule has 0 unspecified atom stereocenters. The van der Waals surface area contributed by atoms with E-state index in [1.54, 1.807) is 12.1 Å². The van der Waals surface area contributed by atoms with Gasteiger partial charge < -0.3 is 20.7 Å². The van der Waals surface area contributed by atoms with Crippen LogP contribution in [0, 0.1) is 0 Å². The predicted octanol–water partition coefficient (Wildman–Crippen LogP) is 2.00. The fraction of sp³-hybridized carbons (Fsp3) is 0.250. The van der Waals surface area contributed by atoms with Gasteiger partial charge in [0.1, 0.15) is 11.5 Å². The van der Waals surface area contributed by atoms with Crippen LogP contribution in [0.15, 0.2) is 48.5 Å². The van der Waals surface area contributed by atoms with Gasteiger partial charge in [-0.2, -0.15) is 0 Å². The van der Waals surface area contributed by atoms with Crippen molar-refractivity contribution in [3.63, 3.8) is 0 Å². The maximum atomic E-state index is 10.2. The number of hydrogen-bond acceptors (Lipinski definition) is 4. The molecule has 0 amide bonds. The first-order chi connectivity index (χ1) is 9.61. The van der Waals surface area contributed by atoms with Crippen LogP contribution in [0.25, 0.3) is 0 Å². The van der Waals surface area contributed by atoms with E-state index in [-0.39, 0.29) is 5.75 Å². The monoisotopic (exact) mass is 273 g/mol. The summed E-state index contributed by atoms with van der Waals surface area (Å²) in [5, 5.41) is 20.1. The van der Waals surface area contributed by atoms with Gasteiger partial charge in [-0.1, -0.05) is 30.3 Å². The van der Waals surface area contributed by atoms with Crippen molar-refractivity contribution in [3.05, 3.63) is 59.7 Å². The van der Waals surface area contributed by atoms with Gasteiger partial charge in [0.2, 0.25) is 0 Å². The molecule has 0 bridgehead atoms. The number of aromatic hydroxyl groups is 1. The number of aliphatic hydroxyl groups excluding tert-OH is 1. The summed E-state index contributed by atoms with van der Waals surface area (Å²) in [6.45, 7) is 0. The van der Waals surface area contributed by atoms with Crippen molar-refractivity contribution in [2.45, 2.75) is 18.6 Å². The third-order valence-corrected chi connectivity index (χ3v) is 3.30. The van der Waals surface area contributed by atoms with Crippen molar-refractivity contribution in [1.82, 2.24) is 0 Å². The number of methoxy groups -OCH3 is 1. The van der Waals surface area contributed by atoms with Crippen LogP contribution in [-0.4, -0.2) is 23.4 Å². The molecule has 0 spiro atoms. The van der Waals surface area contributed by atoms with Crippen LogP contribution in [0.5, 0.6) is 11.5 Å². The van der Waals surface area contributed by atoms with Crippen LogP contribution < -0.4 is 10.5 Å². The highest BCUT2D eigenvalue weighted by atomic mass is 16.5. The fourth-order valence-electron chi connectivity index (χ4n) is 2.12. The third-order valence-electron chi connectivity index (χ3n) is 3.30. The molecule has 4 N–H and O–H groups in total. The molecule has 2 aromatic rings. The lowest BCUT2D eigenvalue weighted by Crippen LogP contribution is -2.28. The van der Waals surface area contributed by atoms with E-state index in [0.29, 0.717) is 17.7 Å². The number of hydrogen-bond donors (Lipinski definition) is 3. The van der Waals surface area contributed by atoms with E-state index >= 15 is 0 Å². The molecular formula is C16H19NO3. The van der Waals surface area contributed by atoms with Gasteiger partial charge in [-0.25, -0.2) is 0 Å². The second-order valence-corrected chi connectivity index (χ2v) is 4.71. The Labute approximate surface area is 118 Å². The lowest BCUT2D eigenvalue weighted by atomic mass is 9.96. The molecule has 4 heteroatoms. The first-order valence-corrected chi connectivity index (χ1v) is 6.46. The lowest BCUT2D eigenvalue weighted by Gasteiger charge is -2.20. The highest BCUT2D eigenvalue weighted by Gasteiger charge is 2.20. The molecule has 0 aliphatic heterocycles. The number of nitrogens with two attached hydrogens (primary N) is 1. The minimum atomic E-state index is -0.767. The summed E-state index contributed by atoms with van der Waals surface area (Å²) in [4.78, 5) is 0. The van der Waals surface area contributed by atoms with E-state index in [2.05, 4.69) is 0 Å². The number of aliphatic hydroxyl groups is 1. The van der Waals surface area contributed by atoms with Crippen LogP contribution >= 0.6 is 0 Å². The summed E-state index contributed by atoms with van der Waals surface area (Å²) in [5.41, 5.74) is 7.54. The highest BCUT2D eigenvalue weighted by Crippen LogP contribution is 2.29. The molecule has 4 nitrogen and oxygen atoms in total. The minimum absolute atomic E-state index is 0.0314. The van der Waals surface area contributed by atoms with Gasteiger partial charge in [-0.05, 0) is 17.7 Å². The van der Waals surface area contributed by atoms with Crippen LogP contribution in [0.1, 0.15) is 17.2 Å². The van der Waals surface area contributed by atoms with Crippen molar-refractivity contribution in [1.29, 1.82) is 0 Å². The Morgan fingerprint density at radius 1 is 1.15 bits per heavy atom. The Morgan fingerprint density at radius 3 is 2.45 bits per heavy atom. The molecule has 106 valence electrons. The lowest BCUT2D eigenvalue weighted by molar-refractivity contribution is 0.143. The van der Waals surface area contributed by atoms with E-state index in [9.17, 15) is 10.2 Å². The van der Waals surface area contributed by atoms with Gasteiger partial charge in [0.25, 0.3) is 0 Å². The third kappa shape index (κ3) is 3.29. The largest absolute Gasteiger partial charge is 0.507 e. The molecule has 0 radical (unpaired) electrons. The van der Waals surface area contributed by atoms with Crippen molar-refractivity contribution in [2.75, 3.05) is 7.11 Å². The minimum Gasteiger partial charge on any atom is -0.507 e. The number of phenols is 1. The fourth-order valence-corrected chi connectivity index (χ4v) is 2.12. The SMILES string of the molecule is COc1ccc([C@H](N)[C@H](O)Cc2ccccc2)c(O)c1. The molecule has 20 heavy (non-hydrogen) atoms. The zero-order chi connectivity index (χ0) is 14.5. The Morgan fingerprint density at radius 2 is 1.85 bits per heavy atom. The molecule has 2 atom stereocenters. The standard InChI is InChI=1S/C16H19NO3/c1-20-12-7-8-13(14(18)10-12)16(17)15(19)9-11-5-3-2-4-6-11/h2-8,10,15-16,18-19H,9,17H2,1H3/t15-,16+/m1/s1. The van der Waals surface area contributed by atoms with Crippen molar-refractivity contribution >= 4 is 0 Å². The van der Waals surface area contributed by atoms with Crippen LogP contribution in [0.2, 0.25) is 0 Å². The van der Waals surface area contributed by atoms with Gasteiger partial charge in [-0.15, -0.1) is 0 Å². The van der Waals surface area contributed by atoms with E-state index in [1.165, 1.54) is 13.2 Å². The Hall–Kier alpha value is -2.04. The van der Waals surface area contributed by atoms with Crippen LogP contribution in [-0.2, 0) is 6.42 Å². The molecular weight excluding hydrogens is 254 g/mol. The molecule has 0 saturated carbocycles. The van der Waals surface area contributed by atoms with Crippen LogP contribution in [0.4, 0.5) is 0 Å². The average Bonchev–Trinajstić information content (AvgIpc) is 2.47. The average molecular weight is 273 g/mol. The topological polar surface area (TPSA) is 75.7 Å². The van der Waals surface area contributed by atoms with Crippen LogP contribution in [0.3, 0.4) is 0 Å². The summed E-state index contributed by atoms with van der Waals surface area (Å²) in [6.07, 6.45) is -0.329. The molecule has 0 aliphatic carbocycles. The molecule has 0 fully saturated rings. The number of rotatable bonds is 5. The molecule has 0 aromatic heterocycles.